The van der Waals surface area contributed by atoms with E-state index in [4.69, 9.17) is 0 Å². The lowest BCUT2D eigenvalue weighted by atomic mass is 9.95. The van der Waals surface area contributed by atoms with Crippen molar-refractivity contribution in [3.63, 3.8) is 0 Å². The van der Waals surface area contributed by atoms with E-state index in [9.17, 15) is 5.11 Å². The van der Waals surface area contributed by atoms with Gasteiger partial charge in [0.25, 0.3) is 0 Å². The highest BCUT2D eigenvalue weighted by atomic mass is 16.3. The molecule has 0 amide bonds. The molecule has 0 aromatic heterocycles. The Labute approximate surface area is 136 Å². The Bertz CT molecular complexity index is 589. The van der Waals surface area contributed by atoms with E-state index >= 15 is 0 Å². The third-order valence-electron chi connectivity index (χ3n) is 3.57. The highest BCUT2D eigenvalue weighted by Gasteiger charge is 2.09. The Kier molecular flexibility index (Phi) is 7.17. The molecule has 0 fully saturated rings. The fourth-order valence-electron chi connectivity index (χ4n) is 2.26. The van der Waals surface area contributed by atoms with Gasteiger partial charge >= 0.3 is 0 Å². The first-order chi connectivity index (χ1) is 10.3. The number of phenolic OH excluding ortho intramolecular Hbond substituents is 1. The minimum Gasteiger partial charge on any atom is -0.508 e. The van der Waals surface area contributed by atoms with Gasteiger partial charge in [-0.05, 0) is 78.0 Å². The molecule has 0 spiro atoms. The fourth-order valence-corrected chi connectivity index (χ4v) is 2.26. The largest absolute Gasteiger partial charge is 0.508 e. The van der Waals surface area contributed by atoms with Gasteiger partial charge in [-0.1, -0.05) is 41.0 Å². The normalized spacial score (nSPS) is 10.1. The molecule has 120 valence electrons. The van der Waals surface area contributed by atoms with Crippen LogP contribution in [-0.2, 0) is 19.3 Å². The molecule has 0 radical (unpaired) electrons. The van der Waals surface area contributed by atoms with Crippen molar-refractivity contribution in [2.75, 3.05) is 0 Å². The zero-order chi connectivity index (χ0) is 16.7. The number of hydrogen-bond donors (Lipinski definition) is 1. The van der Waals surface area contributed by atoms with Crippen molar-refractivity contribution in [1.82, 2.24) is 0 Å². The van der Waals surface area contributed by atoms with Gasteiger partial charge in [-0.2, -0.15) is 0 Å². The van der Waals surface area contributed by atoms with Crippen LogP contribution in [0.15, 0.2) is 47.1 Å². The van der Waals surface area contributed by atoms with Crippen molar-refractivity contribution < 1.29 is 5.11 Å². The average molecular weight is 298 g/mol. The Morgan fingerprint density at radius 1 is 0.773 bits per heavy atom. The monoisotopic (exact) mass is 298 g/mol. The summed E-state index contributed by atoms with van der Waals surface area (Å²) in [4.78, 5) is 0. The Balaban J connectivity index is 3.20. The summed E-state index contributed by atoms with van der Waals surface area (Å²) >= 11 is 0. The number of aromatic hydroxyl groups is 1. The SMILES string of the molecule is CC(C)=CCc1cc(O)c(CC=C(C)C)c(CC=C(C)C)c1. The van der Waals surface area contributed by atoms with Gasteiger partial charge < -0.3 is 5.11 Å². The van der Waals surface area contributed by atoms with E-state index in [1.165, 1.54) is 27.8 Å². The standard InChI is InChI=1S/C21H30O/c1-15(2)7-10-18-13-19(11-8-16(3)4)20(21(22)14-18)12-9-17(5)6/h7-9,13-14,22H,10-12H2,1-6H3. The summed E-state index contributed by atoms with van der Waals surface area (Å²) in [5.41, 5.74) is 7.36. The van der Waals surface area contributed by atoms with Crippen LogP contribution in [-0.4, -0.2) is 5.11 Å². The summed E-state index contributed by atoms with van der Waals surface area (Å²) < 4.78 is 0. The zero-order valence-corrected chi connectivity index (χ0v) is 15.0. The topological polar surface area (TPSA) is 20.2 Å². The lowest BCUT2D eigenvalue weighted by Gasteiger charge is -2.12. The predicted octanol–water partition coefficient (Wildman–Crippen LogP) is 5.92. The Morgan fingerprint density at radius 2 is 1.27 bits per heavy atom. The Hall–Kier alpha value is -1.76. The molecule has 22 heavy (non-hydrogen) atoms. The molecule has 1 nitrogen and oxygen atoms in total. The molecule has 1 N–H and O–H groups in total. The third kappa shape index (κ3) is 6.34. The smallest absolute Gasteiger partial charge is 0.119 e. The number of benzene rings is 1. The minimum absolute atomic E-state index is 0.425. The summed E-state index contributed by atoms with van der Waals surface area (Å²) in [5.74, 6) is 0.425. The van der Waals surface area contributed by atoms with Crippen LogP contribution >= 0.6 is 0 Å². The summed E-state index contributed by atoms with van der Waals surface area (Å²) in [6.45, 7) is 12.6. The minimum atomic E-state index is 0.425. The van der Waals surface area contributed by atoms with Gasteiger partial charge in [-0.3, -0.25) is 0 Å². The van der Waals surface area contributed by atoms with Crippen LogP contribution in [0.5, 0.6) is 5.75 Å². The van der Waals surface area contributed by atoms with Gasteiger partial charge in [0.1, 0.15) is 5.75 Å². The highest BCUT2D eigenvalue weighted by Crippen LogP contribution is 2.27. The molecule has 1 aromatic rings. The predicted molar refractivity (Wildman–Crippen MR) is 97.5 cm³/mol. The Morgan fingerprint density at radius 3 is 1.82 bits per heavy atom. The molecule has 0 bridgehead atoms. The molecule has 0 atom stereocenters. The van der Waals surface area contributed by atoms with Gasteiger partial charge in [0.15, 0.2) is 0 Å². The second-order valence-electron chi connectivity index (χ2n) is 6.71. The number of phenols is 1. The van der Waals surface area contributed by atoms with Crippen molar-refractivity contribution >= 4 is 0 Å². The lowest BCUT2D eigenvalue weighted by molar-refractivity contribution is 0.468. The maximum absolute atomic E-state index is 10.4. The van der Waals surface area contributed by atoms with Crippen LogP contribution in [0.1, 0.15) is 58.2 Å². The molecular formula is C21H30O. The van der Waals surface area contributed by atoms with Crippen molar-refractivity contribution in [2.45, 2.75) is 60.8 Å². The molecule has 0 aliphatic rings. The maximum atomic E-state index is 10.4. The highest BCUT2D eigenvalue weighted by molar-refractivity contribution is 5.46. The molecule has 0 unspecified atom stereocenters. The average Bonchev–Trinajstić information content (AvgIpc) is 2.41. The third-order valence-corrected chi connectivity index (χ3v) is 3.57. The maximum Gasteiger partial charge on any atom is 0.119 e. The van der Waals surface area contributed by atoms with Crippen molar-refractivity contribution in [3.8, 4) is 5.75 Å². The lowest BCUT2D eigenvalue weighted by Crippen LogP contribution is -1.97. The van der Waals surface area contributed by atoms with E-state index < -0.39 is 0 Å². The van der Waals surface area contributed by atoms with E-state index in [0.29, 0.717) is 5.75 Å². The first kappa shape index (κ1) is 18.3. The summed E-state index contributed by atoms with van der Waals surface area (Å²) in [6.07, 6.45) is 9.16. The van der Waals surface area contributed by atoms with E-state index in [1.54, 1.807) is 0 Å². The fraction of sp³-hybridized carbons (Fsp3) is 0.429. The molecule has 0 heterocycles. The van der Waals surface area contributed by atoms with Crippen molar-refractivity contribution in [3.05, 3.63) is 63.8 Å². The van der Waals surface area contributed by atoms with E-state index in [0.717, 1.165) is 24.8 Å². The van der Waals surface area contributed by atoms with Gasteiger partial charge in [0, 0.05) is 5.56 Å². The summed E-state index contributed by atoms with van der Waals surface area (Å²) in [6, 6.07) is 4.16. The van der Waals surface area contributed by atoms with Crippen LogP contribution in [0.25, 0.3) is 0 Å². The van der Waals surface area contributed by atoms with Gasteiger partial charge in [-0.15, -0.1) is 0 Å². The van der Waals surface area contributed by atoms with E-state index in [-0.39, 0.29) is 0 Å². The summed E-state index contributed by atoms with van der Waals surface area (Å²) in [7, 11) is 0. The van der Waals surface area contributed by atoms with Gasteiger partial charge in [-0.25, -0.2) is 0 Å². The molecule has 0 aliphatic heterocycles. The number of hydrogen-bond acceptors (Lipinski definition) is 1. The van der Waals surface area contributed by atoms with Crippen molar-refractivity contribution in [2.24, 2.45) is 0 Å². The molecule has 1 rings (SSSR count). The van der Waals surface area contributed by atoms with Crippen LogP contribution in [0.3, 0.4) is 0 Å². The van der Waals surface area contributed by atoms with Gasteiger partial charge in [0.05, 0.1) is 0 Å². The quantitative estimate of drug-likeness (QED) is 0.646. The van der Waals surface area contributed by atoms with Crippen LogP contribution < -0.4 is 0 Å². The number of rotatable bonds is 6. The molecule has 1 heteroatoms. The van der Waals surface area contributed by atoms with Crippen LogP contribution in [0, 0.1) is 0 Å². The zero-order valence-electron chi connectivity index (χ0n) is 15.0. The number of allylic oxidation sites excluding steroid dienone is 6. The molecule has 1 aromatic carbocycles. The van der Waals surface area contributed by atoms with Crippen LogP contribution in [0.2, 0.25) is 0 Å². The molecule has 0 saturated heterocycles. The molecular weight excluding hydrogens is 268 g/mol. The van der Waals surface area contributed by atoms with Gasteiger partial charge in [0.2, 0.25) is 0 Å². The molecule has 0 aliphatic carbocycles. The van der Waals surface area contributed by atoms with E-state index in [1.807, 2.05) is 6.07 Å². The summed E-state index contributed by atoms with van der Waals surface area (Å²) in [5, 5.41) is 10.4. The van der Waals surface area contributed by atoms with Crippen LogP contribution in [0.4, 0.5) is 0 Å². The first-order valence-corrected chi connectivity index (χ1v) is 8.03. The van der Waals surface area contributed by atoms with Crippen molar-refractivity contribution in [1.29, 1.82) is 0 Å². The second kappa shape index (κ2) is 8.63. The first-order valence-electron chi connectivity index (χ1n) is 8.03. The molecule has 0 saturated carbocycles. The second-order valence-corrected chi connectivity index (χ2v) is 6.71. The van der Waals surface area contributed by atoms with E-state index in [2.05, 4.69) is 65.8 Å².